The van der Waals surface area contributed by atoms with E-state index in [-0.39, 0.29) is 18.4 Å². The predicted octanol–water partition coefficient (Wildman–Crippen LogP) is 6.47. The summed E-state index contributed by atoms with van der Waals surface area (Å²) < 4.78 is 15.7. The topological polar surface area (TPSA) is 115 Å². The zero-order valence-corrected chi connectivity index (χ0v) is 32.2. The monoisotopic (exact) mass is 736 g/mol. The fraction of sp³-hybridized carbons (Fsp3) is 0.568. The second kappa shape index (κ2) is 15.5. The number of carbonyl (C=O) groups is 3. The molecule has 9 rings (SSSR count). The van der Waals surface area contributed by atoms with Gasteiger partial charge in [0, 0.05) is 92.4 Å². The summed E-state index contributed by atoms with van der Waals surface area (Å²) in [7, 11) is 5.96. The molecular formula is C44H56N4O6. The number of carboxylic acid groups (broad SMARTS) is 1. The Labute approximate surface area is 318 Å². The number of likely N-dealkylation sites (N-methyl/N-ethyl adjacent to an activating group) is 1. The number of rotatable bonds is 7. The van der Waals surface area contributed by atoms with E-state index in [9.17, 15) is 19.5 Å². The number of nitrogens with zero attached hydrogens (tertiary/aromatic N) is 3. The number of ether oxygens (including phenoxy) is 2. The van der Waals surface area contributed by atoms with Gasteiger partial charge in [-0.3, -0.25) is 9.59 Å². The quantitative estimate of drug-likeness (QED) is 0.225. The molecule has 3 aliphatic carbocycles. The SMILES string of the molecule is CN(CC(=O)NC1CC1)C(=O)c1ccc2c(c1)c1c(n2C)CCC(C2CCOCC2)C1.Cn1c2c(c3cc(C(=O)O)ccc31)CC(C1CCOCC1)CC2. The highest BCUT2D eigenvalue weighted by Gasteiger charge is 2.33. The van der Waals surface area contributed by atoms with Gasteiger partial charge in [-0.25, -0.2) is 4.79 Å². The number of carbonyl (C=O) groups excluding carboxylic acids is 2. The van der Waals surface area contributed by atoms with E-state index < -0.39 is 5.97 Å². The molecule has 2 N–H and O–H groups in total. The first-order valence-corrected chi connectivity index (χ1v) is 20.3. The molecule has 5 aliphatic rings. The lowest BCUT2D eigenvalue weighted by Crippen LogP contribution is -2.39. The number of benzene rings is 2. The largest absolute Gasteiger partial charge is 0.478 e. The van der Waals surface area contributed by atoms with Gasteiger partial charge in [0.15, 0.2) is 0 Å². The van der Waals surface area contributed by atoms with Gasteiger partial charge in [-0.15, -0.1) is 0 Å². The number of aromatic nitrogens is 2. The molecule has 0 spiro atoms. The smallest absolute Gasteiger partial charge is 0.335 e. The van der Waals surface area contributed by atoms with Crippen LogP contribution in [0.5, 0.6) is 0 Å². The van der Waals surface area contributed by atoms with Crippen LogP contribution in [0.15, 0.2) is 36.4 Å². The minimum atomic E-state index is -0.846. The summed E-state index contributed by atoms with van der Waals surface area (Å²) >= 11 is 0. The Morgan fingerprint density at radius 1 is 0.704 bits per heavy atom. The zero-order chi connectivity index (χ0) is 37.5. The van der Waals surface area contributed by atoms with Crippen LogP contribution < -0.4 is 5.32 Å². The summed E-state index contributed by atoms with van der Waals surface area (Å²) in [6.07, 6.45) is 13.6. The number of amides is 2. The summed E-state index contributed by atoms with van der Waals surface area (Å²) in [5.74, 6) is 1.91. The zero-order valence-electron chi connectivity index (χ0n) is 32.2. The minimum Gasteiger partial charge on any atom is -0.478 e. The summed E-state index contributed by atoms with van der Waals surface area (Å²) in [4.78, 5) is 38.0. The van der Waals surface area contributed by atoms with Crippen LogP contribution in [0.3, 0.4) is 0 Å². The number of hydrogen-bond acceptors (Lipinski definition) is 5. The first-order chi connectivity index (χ1) is 26.2. The molecule has 0 radical (unpaired) electrons. The van der Waals surface area contributed by atoms with Gasteiger partial charge in [0.2, 0.25) is 5.91 Å². The van der Waals surface area contributed by atoms with Crippen molar-refractivity contribution in [3.8, 4) is 0 Å². The maximum Gasteiger partial charge on any atom is 0.335 e. The second-order valence-electron chi connectivity index (χ2n) is 16.6. The average Bonchev–Trinajstić information content (AvgIpc) is 3.92. The van der Waals surface area contributed by atoms with Gasteiger partial charge in [0.1, 0.15) is 0 Å². The molecule has 0 bridgehead atoms. The van der Waals surface area contributed by atoms with Crippen molar-refractivity contribution in [2.75, 3.05) is 40.0 Å². The summed E-state index contributed by atoms with van der Waals surface area (Å²) in [6, 6.07) is 11.9. The van der Waals surface area contributed by atoms with Crippen LogP contribution in [0.4, 0.5) is 0 Å². The van der Waals surface area contributed by atoms with Gasteiger partial charge in [-0.2, -0.15) is 0 Å². The van der Waals surface area contributed by atoms with Gasteiger partial charge in [0.25, 0.3) is 5.91 Å². The molecule has 4 heterocycles. The molecule has 2 aromatic carbocycles. The normalized spacial score (nSPS) is 21.9. The van der Waals surface area contributed by atoms with Crippen molar-refractivity contribution < 1.29 is 29.0 Å². The third-order valence-corrected chi connectivity index (χ3v) is 13.3. The molecule has 1 saturated carbocycles. The lowest BCUT2D eigenvalue weighted by Gasteiger charge is -2.33. The van der Waals surface area contributed by atoms with Crippen molar-refractivity contribution in [1.82, 2.24) is 19.4 Å². The molecule has 288 valence electrons. The van der Waals surface area contributed by atoms with E-state index in [0.29, 0.717) is 29.0 Å². The molecule has 4 aromatic rings. The summed E-state index contributed by atoms with van der Waals surface area (Å²) in [6.45, 7) is 3.68. The molecule has 10 heteroatoms. The molecular weight excluding hydrogens is 681 g/mol. The van der Waals surface area contributed by atoms with E-state index in [1.807, 2.05) is 18.2 Å². The van der Waals surface area contributed by atoms with Gasteiger partial charge >= 0.3 is 5.97 Å². The maximum atomic E-state index is 13.0. The van der Waals surface area contributed by atoms with E-state index in [1.165, 1.54) is 76.8 Å². The van der Waals surface area contributed by atoms with E-state index in [4.69, 9.17) is 9.47 Å². The third kappa shape index (κ3) is 7.44. The highest BCUT2D eigenvalue weighted by molar-refractivity contribution is 6.00. The maximum absolute atomic E-state index is 13.0. The summed E-state index contributed by atoms with van der Waals surface area (Å²) in [5, 5.41) is 14.6. The third-order valence-electron chi connectivity index (χ3n) is 13.3. The Morgan fingerprint density at radius 3 is 1.67 bits per heavy atom. The molecule has 54 heavy (non-hydrogen) atoms. The summed E-state index contributed by atoms with van der Waals surface area (Å²) in [5.41, 5.74) is 9.02. The van der Waals surface area contributed by atoms with Crippen molar-refractivity contribution in [3.05, 3.63) is 70.0 Å². The Kier molecular flexibility index (Phi) is 10.6. The van der Waals surface area contributed by atoms with E-state index >= 15 is 0 Å². The van der Waals surface area contributed by atoms with Crippen molar-refractivity contribution in [1.29, 1.82) is 0 Å². The van der Waals surface area contributed by atoms with E-state index in [2.05, 4.69) is 40.7 Å². The number of fused-ring (bicyclic) bond motifs is 6. The highest BCUT2D eigenvalue weighted by atomic mass is 16.5. The highest BCUT2D eigenvalue weighted by Crippen LogP contribution is 2.41. The van der Waals surface area contributed by atoms with Crippen LogP contribution in [-0.4, -0.2) is 83.0 Å². The number of nitrogens with one attached hydrogen (secondary N) is 1. The van der Waals surface area contributed by atoms with Crippen molar-refractivity contribution >= 4 is 39.6 Å². The minimum absolute atomic E-state index is 0.0733. The van der Waals surface area contributed by atoms with Crippen LogP contribution in [0.1, 0.15) is 94.6 Å². The van der Waals surface area contributed by atoms with Crippen LogP contribution in [0, 0.1) is 23.7 Å². The van der Waals surface area contributed by atoms with E-state index in [0.717, 1.165) is 87.7 Å². The Bertz CT molecular complexity index is 2050. The van der Waals surface area contributed by atoms with Gasteiger partial charge in [-0.05, 0) is 148 Å². The second-order valence-corrected chi connectivity index (χ2v) is 16.6. The van der Waals surface area contributed by atoms with Gasteiger partial charge in [0.05, 0.1) is 12.1 Å². The van der Waals surface area contributed by atoms with E-state index in [1.54, 1.807) is 13.1 Å². The van der Waals surface area contributed by atoms with Crippen LogP contribution >= 0.6 is 0 Å². The molecule has 2 unspecified atom stereocenters. The first kappa shape index (κ1) is 36.8. The number of aromatic carboxylic acids is 1. The first-order valence-electron chi connectivity index (χ1n) is 20.3. The van der Waals surface area contributed by atoms with Crippen LogP contribution in [0.2, 0.25) is 0 Å². The molecule has 10 nitrogen and oxygen atoms in total. The van der Waals surface area contributed by atoms with Crippen LogP contribution in [0.25, 0.3) is 21.8 Å². The number of hydrogen-bond donors (Lipinski definition) is 2. The lowest BCUT2D eigenvalue weighted by atomic mass is 9.75. The lowest BCUT2D eigenvalue weighted by molar-refractivity contribution is -0.121. The van der Waals surface area contributed by atoms with Gasteiger partial charge in [-0.1, -0.05) is 0 Å². The fourth-order valence-electron chi connectivity index (χ4n) is 10.1. The van der Waals surface area contributed by atoms with Crippen molar-refractivity contribution in [2.45, 2.75) is 83.1 Å². The number of aryl methyl sites for hydroxylation is 2. The molecule has 2 aromatic heterocycles. The fourth-order valence-corrected chi connectivity index (χ4v) is 10.1. The van der Waals surface area contributed by atoms with Gasteiger partial charge < -0.3 is 33.9 Å². The molecule has 2 aliphatic heterocycles. The van der Waals surface area contributed by atoms with Crippen molar-refractivity contribution in [2.24, 2.45) is 37.8 Å². The standard InChI is InChI=1S/C25H33N3O3.C19H23NO3/c1-27(15-24(29)26-19-5-6-19)25(30)18-4-8-23-21(14-18)20-13-17(3-7-22(20)28(23)2)16-9-11-31-12-10-16;1-20-17-4-2-13(12-6-8-23-9-7-12)10-15(17)16-11-14(19(21)22)3-5-18(16)20/h4,8,14,16-17,19H,3,5-7,9-13,15H2,1-2H3,(H,26,29);3,5,11-13H,2,4,6-10H2,1H3,(H,21,22). The molecule has 2 atom stereocenters. The van der Waals surface area contributed by atoms with Crippen LogP contribution in [-0.2, 0) is 54.0 Å². The number of carboxylic acids is 1. The molecule has 3 fully saturated rings. The molecule has 2 saturated heterocycles. The Hall–Kier alpha value is -4.15. The van der Waals surface area contributed by atoms with Crippen molar-refractivity contribution in [3.63, 3.8) is 0 Å². The Balaban J connectivity index is 0.000000160. The Morgan fingerprint density at radius 2 is 1.19 bits per heavy atom. The average molecular weight is 737 g/mol. The predicted molar refractivity (Wildman–Crippen MR) is 209 cm³/mol. The molecule has 2 amide bonds.